The number of halogens is 2. The van der Waals surface area contributed by atoms with Gasteiger partial charge < -0.3 is 15.0 Å². The first-order valence-electron chi connectivity index (χ1n) is 11.9. The van der Waals surface area contributed by atoms with Crippen LogP contribution in [-0.4, -0.2) is 65.0 Å². The van der Waals surface area contributed by atoms with Crippen LogP contribution in [0.2, 0.25) is 0 Å². The molecular weight excluding hydrogens is 484 g/mol. The molecule has 1 aliphatic carbocycles. The molecule has 2 aliphatic heterocycles. The average Bonchev–Trinajstić information content (AvgIpc) is 3.42. The number of aromatic nitrogens is 2. The summed E-state index contributed by atoms with van der Waals surface area (Å²) in [7, 11) is 3.28. The highest BCUT2D eigenvalue weighted by atomic mass is 19.3. The Hall–Kier alpha value is -4.06. The van der Waals surface area contributed by atoms with Crippen molar-refractivity contribution in [1.82, 2.24) is 25.1 Å². The van der Waals surface area contributed by atoms with E-state index in [9.17, 15) is 18.4 Å². The zero-order chi connectivity index (χ0) is 26.1. The third-order valence-electron chi connectivity index (χ3n) is 6.57. The molecule has 3 heterocycles. The number of hydrogen-bond donors (Lipinski definition) is 2. The molecule has 2 amide bonds. The summed E-state index contributed by atoms with van der Waals surface area (Å²) in [6.07, 6.45) is 9.69. The molecule has 1 aromatic carbocycles. The van der Waals surface area contributed by atoms with E-state index in [1.54, 1.807) is 49.9 Å². The molecule has 1 fully saturated rings. The van der Waals surface area contributed by atoms with Crippen molar-refractivity contribution in [1.29, 1.82) is 0 Å². The molecule has 10 nitrogen and oxygen atoms in total. The minimum atomic E-state index is -2.98. The van der Waals surface area contributed by atoms with E-state index in [-0.39, 0.29) is 36.6 Å². The molecule has 2 aromatic rings. The van der Waals surface area contributed by atoms with Crippen LogP contribution in [0.4, 0.5) is 14.5 Å². The van der Waals surface area contributed by atoms with Crippen LogP contribution in [0.1, 0.15) is 30.7 Å². The van der Waals surface area contributed by atoms with Crippen molar-refractivity contribution in [3.63, 3.8) is 0 Å². The second-order valence-corrected chi connectivity index (χ2v) is 9.21. The van der Waals surface area contributed by atoms with Crippen LogP contribution in [0.5, 0.6) is 5.75 Å². The molecule has 2 N–H and O–H groups in total. The Balaban J connectivity index is 1.55. The van der Waals surface area contributed by atoms with Crippen LogP contribution >= 0.6 is 0 Å². The minimum absolute atomic E-state index is 0.00633. The molecule has 194 valence electrons. The van der Waals surface area contributed by atoms with E-state index >= 15 is 0 Å². The zero-order valence-corrected chi connectivity index (χ0v) is 20.4. The van der Waals surface area contributed by atoms with Crippen molar-refractivity contribution >= 4 is 23.7 Å². The van der Waals surface area contributed by atoms with Crippen molar-refractivity contribution in [2.24, 2.45) is 4.99 Å². The lowest BCUT2D eigenvalue weighted by atomic mass is 9.77. The highest BCUT2D eigenvalue weighted by Gasteiger charge is 2.30. The topological polar surface area (TPSA) is 104 Å². The van der Waals surface area contributed by atoms with Crippen LogP contribution in [0.3, 0.4) is 0 Å². The molecular formula is C25H27F2N7O3. The van der Waals surface area contributed by atoms with E-state index in [2.05, 4.69) is 25.6 Å². The Morgan fingerprint density at radius 1 is 1.30 bits per heavy atom. The SMILES string of the molecule is CN(C)C(=O)Cn1cc(NC(=O)C2=C3N=CC=CN3NC2)c(-c2cc(OC(F)F)ccc2C2CCC2)n1. The van der Waals surface area contributed by atoms with Gasteiger partial charge in [0.05, 0.1) is 11.3 Å². The molecule has 1 saturated carbocycles. The molecule has 5 rings (SSSR count). The number of benzene rings is 1. The van der Waals surface area contributed by atoms with Crippen LogP contribution < -0.4 is 15.5 Å². The second kappa shape index (κ2) is 10.1. The summed E-state index contributed by atoms with van der Waals surface area (Å²) in [5.41, 5.74) is 5.75. The maximum absolute atomic E-state index is 13.3. The fourth-order valence-corrected chi connectivity index (χ4v) is 4.41. The number of amides is 2. The smallest absolute Gasteiger partial charge is 0.387 e. The fourth-order valence-electron chi connectivity index (χ4n) is 4.41. The van der Waals surface area contributed by atoms with Crippen molar-refractivity contribution < 1.29 is 23.1 Å². The number of carbonyl (C=O) groups is 2. The van der Waals surface area contributed by atoms with Crippen molar-refractivity contribution in [3.05, 3.63) is 53.6 Å². The van der Waals surface area contributed by atoms with Crippen LogP contribution in [-0.2, 0) is 16.1 Å². The molecule has 0 saturated heterocycles. The van der Waals surface area contributed by atoms with E-state index in [1.807, 2.05) is 0 Å². The van der Waals surface area contributed by atoms with Gasteiger partial charge in [0.1, 0.15) is 18.0 Å². The number of likely N-dealkylation sites (N-methyl/N-ethyl adjacent to an activating group) is 1. The monoisotopic (exact) mass is 511 g/mol. The largest absolute Gasteiger partial charge is 0.435 e. The first-order chi connectivity index (χ1) is 17.8. The third kappa shape index (κ3) is 5.10. The Kier molecular flexibility index (Phi) is 6.74. The van der Waals surface area contributed by atoms with Gasteiger partial charge in [0.25, 0.3) is 5.91 Å². The summed E-state index contributed by atoms with van der Waals surface area (Å²) in [6.45, 7) is -2.76. The molecule has 0 spiro atoms. The van der Waals surface area contributed by atoms with Gasteiger partial charge in [-0.3, -0.25) is 19.3 Å². The lowest BCUT2D eigenvalue weighted by Gasteiger charge is -2.28. The van der Waals surface area contributed by atoms with Crippen molar-refractivity contribution in [3.8, 4) is 17.0 Å². The highest BCUT2D eigenvalue weighted by molar-refractivity contribution is 6.07. The summed E-state index contributed by atoms with van der Waals surface area (Å²) >= 11 is 0. The number of anilines is 1. The van der Waals surface area contributed by atoms with Gasteiger partial charge in [-0.25, -0.2) is 10.4 Å². The van der Waals surface area contributed by atoms with Crippen LogP contribution in [0, 0.1) is 0 Å². The van der Waals surface area contributed by atoms with Gasteiger partial charge in [0.15, 0.2) is 5.82 Å². The second-order valence-electron chi connectivity index (χ2n) is 9.21. The number of ether oxygens (including phenoxy) is 1. The van der Waals surface area contributed by atoms with E-state index in [0.29, 0.717) is 28.3 Å². The fraction of sp³-hybridized carbons (Fsp3) is 0.360. The summed E-state index contributed by atoms with van der Waals surface area (Å²) in [5, 5.41) is 9.19. The summed E-state index contributed by atoms with van der Waals surface area (Å²) < 4.78 is 32.1. The van der Waals surface area contributed by atoms with Gasteiger partial charge in [-0.05, 0) is 42.5 Å². The standard InChI is InChI=1S/C25H27F2N7O3/c1-32(2)21(35)14-33-13-20(30-24(36)19-12-29-34-10-4-9-28-23(19)34)22(31-33)18-11-16(37-25(26)27)7-8-17(18)15-5-3-6-15/h4,7-11,13,15,25,29H,3,5-6,12,14H2,1-2H3,(H,30,36). The number of hydrazine groups is 1. The van der Waals surface area contributed by atoms with Gasteiger partial charge in [-0.1, -0.05) is 12.5 Å². The number of rotatable bonds is 8. The summed E-state index contributed by atoms with van der Waals surface area (Å²) in [6, 6.07) is 4.82. The predicted octanol–water partition coefficient (Wildman–Crippen LogP) is 3.08. The van der Waals surface area contributed by atoms with Gasteiger partial charge in [-0.15, -0.1) is 0 Å². The van der Waals surface area contributed by atoms with Gasteiger partial charge in [-0.2, -0.15) is 13.9 Å². The van der Waals surface area contributed by atoms with Crippen molar-refractivity contribution in [2.45, 2.75) is 38.3 Å². The number of nitrogens with one attached hydrogen (secondary N) is 2. The Morgan fingerprint density at radius 3 is 2.81 bits per heavy atom. The van der Waals surface area contributed by atoms with Gasteiger partial charge in [0.2, 0.25) is 5.91 Å². The van der Waals surface area contributed by atoms with E-state index < -0.39 is 6.61 Å². The third-order valence-corrected chi connectivity index (χ3v) is 6.57. The molecule has 0 radical (unpaired) electrons. The molecule has 1 aromatic heterocycles. The summed E-state index contributed by atoms with van der Waals surface area (Å²) in [5.74, 6) is 0.146. The van der Waals surface area contributed by atoms with Crippen LogP contribution in [0.25, 0.3) is 11.3 Å². The number of alkyl halides is 2. The highest BCUT2D eigenvalue weighted by Crippen LogP contribution is 2.44. The molecule has 12 heteroatoms. The number of allylic oxidation sites excluding steroid dienone is 1. The molecule has 0 bridgehead atoms. The van der Waals surface area contributed by atoms with Crippen molar-refractivity contribution in [2.75, 3.05) is 26.0 Å². The average molecular weight is 512 g/mol. The number of fused-ring (bicyclic) bond motifs is 1. The number of nitrogens with zero attached hydrogens (tertiary/aromatic N) is 5. The maximum Gasteiger partial charge on any atom is 0.387 e. The lowest BCUT2D eigenvalue weighted by molar-refractivity contribution is -0.129. The Bertz CT molecular complexity index is 1310. The molecule has 0 unspecified atom stereocenters. The maximum atomic E-state index is 13.3. The molecule has 0 atom stereocenters. The number of hydrogen-bond acceptors (Lipinski definition) is 7. The quantitative estimate of drug-likeness (QED) is 0.565. The van der Waals surface area contributed by atoms with E-state index in [1.165, 1.54) is 21.7 Å². The van der Waals surface area contributed by atoms with Crippen LogP contribution in [0.15, 0.2) is 53.1 Å². The lowest BCUT2D eigenvalue weighted by Crippen LogP contribution is -2.27. The van der Waals surface area contributed by atoms with Gasteiger partial charge in [0, 0.05) is 44.8 Å². The first kappa shape index (κ1) is 24.6. The number of aliphatic imine (C=N–C) groups is 1. The zero-order valence-electron chi connectivity index (χ0n) is 20.4. The molecule has 3 aliphatic rings. The molecule has 37 heavy (non-hydrogen) atoms. The Labute approximate surface area is 212 Å². The van der Waals surface area contributed by atoms with E-state index in [4.69, 9.17) is 0 Å². The first-order valence-corrected chi connectivity index (χ1v) is 11.9. The Morgan fingerprint density at radius 2 is 2.11 bits per heavy atom. The minimum Gasteiger partial charge on any atom is -0.435 e. The summed E-state index contributed by atoms with van der Waals surface area (Å²) in [4.78, 5) is 31.4. The van der Waals surface area contributed by atoms with E-state index in [0.717, 1.165) is 24.8 Å². The van der Waals surface area contributed by atoms with Gasteiger partial charge >= 0.3 is 6.61 Å². The predicted molar refractivity (Wildman–Crippen MR) is 133 cm³/mol. The number of carbonyl (C=O) groups excluding carboxylic acids is 2. The normalized spacial score (nSPS) is 16.7.